The van der Waals surface area contributed by atoms with Gasteiger partial charge in [-0.1, -0.05) is 39.3 Å². The summed E-state index contributed by atoms with van der Waals surface area (Å²) in [6.45, 7) is 7.74. The second-order valence-corrected chi connectivity index (χ2v) is 7.76. The van der Waals surface area contributed by atoms with Gasteiger partial charge >= 0.3 is 0 Å². The van der Waals surface area contributed by atoms with Gasteiger partial charge in [-0.3, -0.25) is 4.79 Å². The molecule has 28 heavy (non-hydrogen) atoms. The normalized spacial score (nSPS) is 12.1. The van der Waals surface area contributed by atoms with E-state index in [9.17, 15) is 4.79 Å². The number of ether oxygens (including phenoxy) is 1. The van der Waals surface area contributed by atoms with Crippen molar-refractivity contribution in [1.29, 1.82) is 0 Å². The minimum Gasteiger partial charge on any atom is -0.491 e. The number of carbonyl (C=O) groups is 1. The highest BCUT2D eigenvalue weighted by Gasteiger charge is 2.19. The Bertz CT molecular complexity index is 967. The predicted molar refractivity (Wildman–Crippen MR) is 112 cm³/mol. The van der Waals surface area contributed by atoms with E-state index in [0.29, 0.717) is 11.4 Å². The van der Waals surface area contributed by atoms with Crippen LogP contribution in [-0.2, 0) is 0 Å². The predicted octanol–water partition coefficient (Wildman–Crippen LogP) is 4.62. The third-order valence-electron chi connectivity index (χ3n) is 4.26. The summed E-state index contributed by atoms with van der Waals surface area (Å²) < 4.78 is 8.25. The molecule has 1 amide bonds. The van der Waals surface area contributed by atoms with Crippen LogP contribution in [0, 0.1) is 6.92 Å². The molecule has 146 valence electrons. The number of rotatable bonds is 6. The van der Waals surface area contributed by atoms with Gasteiger partial charge in [0.2, 0.25) is 0 Å². The minimum absolute atomic E-state index is 0.124. The Labute approximate surface area is 173 Å². The second kappa shape index (κ2) is 8.56. The molecule has 0 bridgehead atoms. The number of halogens is 1. The Hall–Kier alpha value is -2.67. The number of hydrogen-bond acceptors (Lipinski definition) is 4. The van der Waals surface area contributed by atoms with E-state index in [0.717, 1.165) is 21.5 Å². The zero-order valence-electron chi connectivity index (χ0n) is 16.3. The van der Waals surface area contributed by atoms with Crippen LogP contribution in [0.4, 0.5) is 0 Å². The van der Waals surface area contributed by atoms with E-state index < -0.39 is 0 Å². The molecule has 0 radical (unpaired) electrons. The minimum atomic E-state index is -0.256. The zero-order valence-corrected chi connectivity index (χ0v) is 17.9. The van der Waals surface area contributed by atoms with Crippen LogP contribution in [-0.4, -0.2) is 27.0 Å². The molecular weight excluding hydrogens is 420 g/mol. The highest BCUT2D eigenvalue weighted by molar-refractivity contribution is 9.10. The van der Waals surface area contributed by atoms with Crippen LogP contribution in [0.25, 0.3) is 5.69 Å². The average Bonchev–Trinajstić information content (AvgIpc) is 3.03. The van der Waals surface area contributed by atoms with E-state index >= 15 is 0 Å². The van der Waals surface area contributed by atoms with Crippen molar-refractivity contribution in [3.63, 3.8) is 0 Å². The lowest BCUT2D eigenvalue weighted by molar-refractivity contribution is 0.0934. The molecule has 1 N–H and O–H groups in total. The van der Waals surface area contributed by atoms with Crippen LogP contribution in [0.5, 0.6) is 5.75 Å². The number of aromatic nitrogens is 3. The molecule has 6 nitrogen and oxygen atoms in total. The van der Waals surface area contributed by atoms with E-state index in [4.69, 9.17) is 4.74 Å². The first kappa shape index (κ1) is 20.1. The summed E-state index contributed by atoms with van der Waals surface area (Å²) in [7, 11) is 0. The number of benzene rings is 2. The van der Waals surface area contributed by atoms with Crippen molar-refractivity contribution in [2.24, 2.45) is 0 Å². The molecule has 0 fully saturated rings. The zero-order chi connectivity index (χ0) is 20.3. The Morgan fingerprint density at radius 3 is 2.50 bits per heavy atom. The summed E-state index contributed by atoms with van der Waals surface area (Å²) in [6, 6.07) is 15.2. The van der Waals surface area contributed by atoms with Gasteiger partial charge in [-0.2, -0.15) is 0 Å². The van der Waals surface area contributed by atoms with E-state index in [2.05, 4.69) is 31.6 Å². The molecule has 7 heteroatoms. The Morgan fingerprint density at radius 2 is 1.86 bits per heavy atom. The maximum absolute atomic E-state index is 12.7. The van der Waals surface area contributed by atoms with Gasteiger partial charge in [0.05, 0.1) is 23.5 Å². The van der Waals surface area contributed by atoms with Crippen LogP contribution in [0.3, 0.4) is 0 Å². The first-order chi connectivity index (χ1) is 13.3. The summed E-state index contributed by atoms with van der Waals surface area (Å²) in [5.74, 6) is 0.554. The Balaban J connectivity index is 1.72. The van der Waals surface area contributed by atoms with Crippen molar-refractivity contribution in [2.75, 3.05) is 0 Å². The van der Waals surface area contributed by atoms with Gasteiger partial charge in [-0.05, 0) is 63.6 Å². The smallest absolute Gasteiger partial charge is 0.274 e. The summed E-state index contributed by atoms with van der Waals surface area (Å²) in [4.78, 5) is 12.7. The number of nitrogens with one attached hydrogen (secondary N) is 1. The van der Waals surface area contributed by atoms with Crippen LogP contribution in [0.15, 0.2) is 53.0 Å². The second-order valence-electron chi connectivity index (χ2n) is 6.85. The van der Waals surface area contributed by atoms with Crippen LogP contribution in [0.2, 0.25) is 0 Å². The van der Waals surface area contributed by atoms with Gasteiger partial charge in [0.15, 0.2) is 5.69 Å². The van der Waals surface area contributed by atoms with Crippen molar-refractivity contribution >= 4 is 21.8 Å². The number of nitrogens with zero attached hydrogens (tertiary/aromatic N) is 3. The molecule has 0 saturated carbocycles. The number of hydrogen-bond donors (Lipinski definition) is 1. The molecule has 3 rings (SSSR count). The van der Waals surface area contributed by atoms with E-state index in [1.54, 1.807) is 4.68 Å². The van der Waals surface area contributed by atoms with Gasteiger partial charge in [0.1, 0.15) is 5.75 Å². The lowest BCUT2D eigenvalue weighted by atomic mass is 10.1. The summed E-state index contributed by atoms with van der Waals surface area (Å²) in [5.41, 5.74) is 2.82. The molecule has 0 aliphatic carbocycles. The molecule has 1 atom stereocenters. The van der Waals surface area contributed by atoms with Crippen molar-refractivity contribution in [1.82, 2.24) is 20.3 Å². The molecule has 0 spiro atoms. The molecule has 0 aliphatic rings. The molecule has 3 aromatic rings. The average molecular weight is 443 g/mol. The van der Waals surface area contributed by atoms with Gasteiger partial charge in [0.25, 0.3) is 5.91 Å². The molecular formula is C21H23BrN4O2. The fourth-order valence-corrected chi connectivity index (χ4v) is 3.23. The summed E-state index contributed by atoms with van der Waals surface area (Å²) in [5, 5.41) is 11.2. The van der Waals surface area contributed by atoms with E-state index in [1.807, 2.05) is 76.2 Å². The molecule has 1 unspecified atom stereocenters. The van der Waals surface area contributed by atoms with Gasteiger partial charge in [-0.15, -0.1) is 5.10 Å². The third kappa shape index (κ3) is 4.59. The maximum Gasteiger partial charge on any atom is 0.274 e. The summed E-state index contributed by atoms with van der Waals surface area (Å²) in [6.07, 6.45) is 0.124. The monoisotopic (exact) mass is 442 g/mol. The third-order valence-corrected chi connectivity index (χ3v) is 4.76. The van der Waals surface area contributed by atoms with Crippen LogP contribution >= 0.6 is 15.9 Å². The highest BCUT2D eigenvalue weighted by Crippen LogP contribution is 2.20. The standard InChI is InChI=1S/C21H23BrN4O2/c1-13(2)28-19-10-8-16(9-11-19)14(3)23-21(27)20-15(4)26(25-24-20)18-7-5-6-17(22)12-18/h5-14H,1-4H3,(H,23,27). The number of amides is 1. The van der Waals surface area contributed by atoms with Crippen LogP contribution in [0.1, 0.15) is 48.6 Å². The van der Waals surface area contributed by atoms with Gasteiger partial charge in [0, 0.05) is 4.47 Å². The Morgan fingerprint density at radius 1 is 1.14 bits per heavy atom. The maximum atomic E-state index is 12.7. The Kier molecular flexibility index (Phi) is 6.14. The van der Waals surface area contributed by atoms with Crippen LogP contribution < -0.4 is 10.1 Å². The lowest BCUT2D eigenvalue weighted by Gasteiger charge is -2.15. The topological polar surface area (TPSA) is 69.0 Å². The molecule has 0 aliphatic heterocycles. The van der Waals surface area contributed by atoms with E-state index in [1.165, 1.54) is 0 Å². The molecule has 1 heterocycles. The van der Waals surface area contributed by atoms with Crippen molar-refractivity contribution < 1.29 is 9.53 Å². The fraction of sp³-hybridized carbons (Fsp3) is 0.286. The van der Waals surface area contributed by atoms with E-state index in [-0.39, 0.29) is 18.1 Å². The van der Waals surface area contributed by atoms with Gasteiger partial charge in [-0.25, -0.2) is 4.68 Å². The molecule has 0 saturated heterocycles. The molecule has 2 aromatic carbocycles. The first-order valence-corrected chi connectivity index (χ1v) is 9.90. The number of carbonyl (C=O) groups excluding carboxylic acids is 1. The summed E-state index contributed by atoms with van der Waals surface area (Å²) >= 11 is 3.45. The SMILES string of the molecule is Cc1c(C(=O)NC(C)c2ccc(OC(C)C)cc2)nnn1-c1cccc(Br)c1. The molecule has 1 aromatic heterocycles. The highest BCUT2D eigenvalue weighted by atomic mass is 79.9. The lowest BCUT2D eigenvalue weighted by Crippen LogP contribution is -2.27. The first-order valence-electron chi connectivity index (χ1n) is 9.11. The quantitative estimate of drug-likeness (QED) is 0.604. The largest absolute Gasteiger partial charge is 0.491 e. The fourth-order valence-electron chi connectivity index (χ4n) is 2.85. The van der Waals surface area contributed by atoms with Gasteiger partial charge < -0.3 is 10.1 Å². The van der Waals surface area contributed by atoms with Crippen molar-refractivity contribution in [2.45, 2.75) is 39.8 Å². The van der Waals surface area contributed by atoms with Crippen molar-refractivity contribution in [3.8, 4) is 11.4 Å². The van der Waals surface area contributed by atoms with Crippen molar-refractivity contribution in [3.05, 3.63) is 70.0 Å².